The third-order valence-electron chi connectivity index (χ3n) is 7.68. The van der Waals surface area contributed by atoms with Crippen LogP contribution in [0.2, 0.25) is 5.15 Å². The van der Waals surface area contributed by atoms with Gasteiger partial charge >= 0.3 is 0 Å². The zero-order chi connectivity index (χ0) is 26.7. The van der Waals surface area contributed by atoms with Gasteiger partial charge in [0.2, 0.25) is 5.91 Å². The van der Waals surface area contributed by atoms with Gasteiger partial charge in [-0.05, 0) is 42.5 Å². The van der Waals surface area contributed by atoms with Crippen molar-refractivity contribution < 1.29 is 19.1 Å². The van der Waals surface area contributed by atoms with Crippen LogP contribution in [0.3, 0.4) is 0 Å². The summed E-state index contributed by atoms with van der Waals surface area (Å²) in [6.07, 6.45) is 5.58. The second kappa shape index (κ2) is 9.13. The van der Waals surface area contributed by atoms with Gasteiger partial charge in [-0.2, -0.15) is 5.10 Å². The number of aromatic hydroxyl groups is 1. The maximum atomic E-state index is 14.4. The lowest BCUT2D eigenvalue weighted by Crippen LogP contribution is -2.46. The molecule has 196 valence electrons. The van der Waals surface area contributed by atoms with Crippen LogP contribution in [-0.4, -0.2) is 61.1 Å². The Morgan fingerprint density at radius 2 is 2.03 bits per heavy atom. The quantitative estimate of drug-likeness (QED) is 0.389. The third kappa shape index (κ3) is 3.91. The van der Waals surface area contributed by atoms with Crippen LogP contribution in [0, 0.1) is 5.82 Å². The van der Waals surface area contributed by atoms with Gasteiger partial charge in [0, 0.05) is 44.2 Å². The summed E-state index contributed by atoms with van der Waals surface area (Å²) in [5, 5.41) is 15.4. The lowest BCUT2D eigenvalue weighted by Gasteiger charge is -2.38. The Kier molecular flexibility index (Phi) is 5.86. The zero-order valence-electron chi connectivity index (χ0n) is 20.5. The number of carbonyl (C=O) groups excluding carboxylic acids is 2. The fourth-order valence-corrected chi connectivity index (χ4v) is 5.71. The highest BCUT2D eigenvalue weighted by Crippen LogP contribution is 2.43. The van der Waals surface area contributed by atoms with E-state index >= 15 is 0 Å². The maximum Gasteiger partial charge on any atom is 0.258 e. The number of pyridine rings is 1. The third-order valence-corrected chi connectivity index (χ3v) is 7.94. The molecule has 1 atom stereocenters. The molecule has 38 heavy (non-hydrogen) atoms. The van der Waals surface area contributed by atoms with E-state index in [4.69, 9.17) is 22.4 Å². The highest BCUT2D eigenvalue weighted by atomic mass is 35.5. The summed E-state index contributed by atoms with van der Waals surface area (Å²) in [5.74, 6) is -1.06. The van der Waals surface area contributed by atoms with Crippen LogP contribution in [0.4, 0.5) is 10.1 Å². The van der Waals surface area contributed by atoms with E-state index in [1.54, 1.807) is 20.5 Å². The van der Waals surface area contributed by atoms with Crippen molar-refractivity contribution in [3.63, 3.8) is 0 Å². The molecule has 3 aliphatic rings. The Morgan fingerprint density at radius 3 is 2.74 bits per heavy atom. The number of rotatable bonds is 4. The van der Waals surface area contributed by atoms with Gasteiger partial charge in [0.25, 0.3) is 5.91 Å². The lowest BCUT2D eigenvalue weighted by atomic mass is 9.94. The smallest absolute Gasteiger partial charge is 0.258 e. The minimum Gasteiger partial charge on any atom is -0.506 e. The Hall–Kier alpha value is -3.92. The van der Waals surface area contributed by atoms with Crippen molar-refractivity contribution in [3.8, 4) is 11.4 Å². The van der Waals surface area contributed by atoms with Crippen molar-refractivity contribution in [2.24, 2.45) is 0 Å². The molecule has 2 aromatic heterocycles. The molecule has 4 heterocycles. The Labute approximate surface area is 223 Å². The first-order chi connectivity index (χ1) is 18.3. The van der Waals surface area contributed by atoms with E-state index in [0.29, 0.717) is 31.0 Å². The van der Waals surface area contributed by atoms with Crippen molar-refractivity contribution in [3.05, 3.63) is 76.1 Å². The van der Waals surface area contributed by atoms with E-state index < -0.39 is 22.9 Å². The number of nitrogens with two attached hydrogens (primary N) is 1. The molecule has 0 bridgehead atoms. The molecule has 2 aliphatic heterocycles. The SMILES string of the molecule is C=CC(=O)N1CCc2nn(-c3ccc(C4CC4)cc3O)c3c2C(C1)N(C(=O)c1cnc(Cl)c(F)c1N)CC3. The average molecular weight is 537 g/mol. The summed E-state index contributed by atoms with van der Waals surface area (Å²) in [6, 6.07) is 5.15. The molecule has 9 nitrogen and oxygen atoms in total. The normalized spacial score (nSPS) is 18.6. The molecule has 2 amide bonds. The zero-order valence-corrected chi connectivity index (χ0v) is 21.3. The van der Waals surface area contributed by atoms with E-state index in [1.165, 1.54) is 12.3 Å². The van der Waals surface area contributed by atoms with Gasteiger partial charge in [-0.25, -0.2) is 14.1 Å². The highest BCUT2D eigenvalue weighted by Gasteiger charge is 2.41. The molecule has 1 aromatic carbocycles. The molecule has 0 saturated heterocycles. The second-order valence-corrected chi connectivity index (χ2v) is 10.3. The minimum absolute atomic E-state index is 0.0940. The molecule has 1 unspecified atom stereocenters. The topological polar surface area (TPSA) is 118 Å². The molecular weight excluding hydrogens is 511 g/mol. The number of amides is 2. The molecule has 11 heteroatoms. The van der Waals surface area contributed by atoms with E-state index in [2.05, 4.69) is 11.6 Å². The minimum atomic E-state index is -0.946. The number of anilines is 1. The van der Waals surface area contributed by atoms with Crippen molar-refractivity contribution in [2.45, 2.75) is 37.6 Å². The summed E-state index contributed by atoms with van der Waals surface area (Å²) >= 11 is 5.75. The number of nitrogen functional groups attached to an aromatic ring is 1. The van der Waals surface area contributed by atoms with Crippen LogP contribution in [0.15, 0.2) is 37.1 Å². The van der Waals surface area contributed by atoms with E-state index in [0.717, 1.165) is 35.4 Å². The van der Waals surface area contributed by atoms with E-state index in [-0.39, 0.29) is 36.0 Å². The Morgan fingerprint density at radius 1 is 1.24 bits per heavy atom. The molecule has 0 radical (unpaired) electrons. The number of phenolic OH excluding ortho intramolecular Hbond substituents is 1. The Bertz CT molecular complexity index is 1500. The number of nitrogens with zero attached hydrogens (tertiary/aromatic N) is 5. The van der Waals surface area contributed by atoms with Crippen molar-refractivity contribution in [1.82, 2.24) is 24.6 Å². The standard InChI is InChI=1S/C27H26ClFN6O3/c1-2-22(37)33-9-7-17-23-19(35(32-17)18-6-5-15(11-21(18)36)14-3-4-14)8-10-34(20(23)13-33)27(38)16-12-31-26(28)24(29)25(16)30/h2,5-6,11-12,14,20,36H,1,3-4,7-10,13H2,(H2,30,31). The summed E-state index contributed by atoms with van der Waals surface area (Å²) in [6.45, 7) is 4.47. The van der Waals surface area contributed by atoms with Gasteiger partial charge in [-0.3, -0.25) is 9.59 Å². The van der Waals surface area contributed by atoms with Crippen LogP contribution >= 0.6 is 11.6 Å². The monoisotopic (exact) mass is 536 g/mol. The summed E-state index contributed by atoms with van der Waals surface area (Å²) in [5.41, 5.74) is 9.56. The van der Waals surface area contributed by atoms with Gasteiger partial charge in [-0.15, -0.1) is 0 Å². The van der Waals surface area contributed by atoms with Crippen LogP contribution in [0.1, 0.15) is 57.7 Å². The molecule has 1 saturated carbocycles. The van der Waals surface area contributed by atoms with Gasteiger partial charge < -0.3 is 20.6 Å². The number of phenols is 1. The van der Waals surface area contributed by atoms with Crippen LogP contribution in [0.25, 0.3) is 5.69 Å². The van der Waals surface area contributed by atoms with Crippen LogP contribution < -0.4 is 5.73 Å². The predicted octanol–water partition coefficient (Wildman–Crippen LogP) is 3.54. The van der Waals surface area contributed by atoms with Gasteiger partial charge in [0.05, 0.1) is 28.7 Å². The number of hydrogen-bond acceptors (Lipinski definition) is 6. The number of benzene rings is 1. The number of carbonyl (C=O) groups is 2. The van der Waals surface area contributed by atoms with Gasteiger partial charge in [-0.1, -0.05) is 24.2 Å². The fraction of sp³-hybridized carbons (Fsp3) is 0.333. The molecule has 3 N–H and O–H groups in total. The summed E-state index contributed by atoms with van der Waals surface area (Å²) in [7, 11) is 0. The molecule has 3 aromatic rings. The molecule has 0 spiro atoms. The second-order valence-electron chi connectivity index (χ2n) is 9.93. The lowest BCUT2D eigenvalue weighted by molar-refractivity contribution is -0.126. The molecular formula is C27H26ClFN6O3. The molecule has 1 aliphatic carbocycles. The van der Waals surface area contributed by atoms with E-state index in [1.807, 2.05) is 12.1 Å². The number of aromatic nitrogens is 3. The van der Waals surface area contributed by atoms with Crippen LogP contribution in [-0.2, 0) is 17.6 Å². The first-order valence-electron chi connectivity index (χ1n) is 12.5. The largest absolute Gasteiger partial charge is 0.506 e. The molecule has 1 fully saturated rings. The fourth-order valence-electron chi connectivity index (χ4n) is 5.56. The molecule has 6 rings (SSSR count). The summed E-state index contributed by atoms with van der Waals surface area (Å²) in [4.78, 5) is 33.3. The Balaban J connectivity index is 1.44. The number of hydrogen-bond donors (Lipinski definition) is 2. The van der Waals surface area contributed by atoms with Gasteiger partial charge in [0.15, 0.2) is 11.0 Å². The van der Waals surface area contributed by atoms with Crippen molar-refractivity contribution in [2.75, 3.05) is 25.4 Å². The van der Waals surface area contributed by atoms with Crippen molar-refractivity contribution >= 4 is 29.1 Å². The first kappa shape index (κ1) is 24.4. The first-order valence-corrected chi connectivity index (χ1v) is 12.9. The highest BCUT2D eigenvalue weighted by molar-refractivity contribution is 6.30. The number of halogens is 2. The predicted molar refractivity (Wildman–Crippen MR) is 139 cm³/mol. The summed E-state index contributed by atoms with van der Waals surface area (Å²) < 4.78 is 16.2. The average Bonchev–Trinajstić information content (AvgIpc) is 3.72. The van der Waals surface area contributed by atoms with Crippen LogP contribution in [0.5, 0.6) is 5.75 Å². The van der Waals surface area contributed by atoms with Crippen molar-refractivity contribution in [1.29, 1.82) is 0 Å². The maximum absolute atomic E-state index is 14.4. The van der Waals surface area contributed by atoms with Gasteiger partial charge in [0.1, 0.15) is 11.4 Å². The van der Waals surface area contributed by atoms with E-state index in [9.17, 15) is 19.1 Å².